The number of aromatic nitrogens is 3. The van der Waals surface area contributed by atoms with E-state index in [2.05, 4.69) is 19.8 Å². The SMILES string of the molecule is Cc1cc(N2CCN(C(=O)c3ccncc3)CC2)nc(N2CCOCC2)n1. The molecule has 0 unspecified atom stereocenters. The molecule has 0 spiro atoms. The smallest absolute Gasteiger partial charge is 0.254 e. The van der Waals surface area contributed by atoms with E-state index in [1.54, 1.807) is 24.5 Å². The van der Waals surface area contributed by atoms with Gasteiger partial charge in [0, 0.05) is 69.0 Å². The van der Waals surface area contributed by atoms with Crippen LogP contribution in [-0.4, -0.2) is 78.2 Å². The second-order valence-corrected chi connectivity index (χ2v) is 6.78. The summed E-state index contributed by atoms with van der Waals surface area (Å²) in [7, 11) is 0. The molecular weight excluding hydrogens is 344 g/mol. The van der Waals surface area contributed by atoms with E-state index in [1.807, 2.05) is 17.9 Å². The van der Waals surface area contributed by atoms with Crippen LogP contribution in [0.25, 0.3) is 0 Å². The number of aryl methyl sites for hydroxylation is 1. The molecule has 0 aromatic carbocycles. The summed E-state index contributed by atoms with van der Waals surface area (Å²) in [6, 6.07) is 5.54. The first-order valence-corrected chi connectivity index (χ1v) is 9.33. The molecule has 0 N–H and O–H groups in total. The second kappa shape index (κ2) is 7.87. The first-order chi connectivity index (χ1) is 13.2. The largest absolute Gasteiger partial charge is 0.378 e. The predicted molar refractivity (Wildman–Crippen MR) is 102 cm³/mol. The molecule has 0 bridgehead atoms. The summed E-state index contributed by atoms with van der Waals surface area (Å²) in [6.07, 6.45) is 3.31. The number of pyridine rings is 1. The van der Waals surface area contributed by atoms with E-state index in [1.165, 1.54) is 0 Å². The summed E-state index contributed by atoms with van der Waals surface area (Å²) in [4.78, 5) is 32.2. The number of ether oxygens (including phenoxy) is 1. The maximum absolute atomic E-state index is 12.6. The minimum Gasteiger partial charge on any atom is -0.378 e. The average molecular weight is 368 g/mol. The zero-order chi connectivity index (χ0) is 18.6. The highest BCUT2D eigenvalue weighted by Gasteiger charge is 2.24. The minimum absolute atomic E-state index is 0.0601. The number of piperazine rings is 1. The molecular formula is C19H24N6O2. The Labute approximate surface area is 158 Å². The van der Waals surface area contributed by atoms with Gasteiger partial charge in [-0.3, -0.25) is 9.78 Å². The lowest BCUT2D eigenvalue weighted by atomic mass is 10.2. The molecule has 2 aromatic heterocycles. The molecule has 0 radical (unpaired) electrons. The van der Waals surface area contributed by atoms with Crippen molar-refractivity contribution in [3.8, 4) is 0 Å². The number of carbonyl (C=O) groups excluding carboxylic acids is 1. The molecule has 0 saturated carbocycles. The highest BCUT2D eigenvalue weighted by Crippen LogP contribution is 2.20. The van der Waals surface area contributed by atoms with Crippen molar-refractivity contribution in [1.82, 2.24) is 19.9 Å². The molecule has 2 aliphatic heterocycles. The fourth-order valence-electron chi connectivity index (χ4n) is 3.42. The van der Waals surface area contributed by atoms with Crippen LogP contribution in [0.5, 0.6) is 0 Å². The summed E-state index contributed by atoms with van der Waals surface area (Å²) >= 11 is 0. The Morgan fingerprint density at radius 3 is 2.37 bits per heavy atom. The van der Waals surface area contributed by atoms with Gasteiger partial charge in [0.25, 0.3) is 5.91 Å². The zero-order valence-corrected chi connectivity index (χ0v) is 15.5. The van der Waals surface area contributed by atoms with E-state index >= 15 is 0 Å². The van der Waals surface area contributed by atoms with Gasteiger partial charge < -0.3 is 19.4 Å². The molecule has 2 aromatic rings. The Balaban J connectivity index is 1.43. The van der Waals surface area contributed by atoms with Gasteiger partial charge in [-0.25, -0.2) is 4.98 Å². The number of carbonyl (C=O) groups is 1. The monoisotopic (exact) mass is 368 g/mol. The van der Waals surface area contributed by atoms with Crippen LogP contribution in [0, 0.1) is 6.92 Å². The minimum atomic E-state index is 0.0601. The summed E-state index contributed by atoms with van der Waals surface area (Å²) in [5, 5.41) is 0. The molecule has 2 saturated heterocycles. The van der Waals surface area contributed by atoms with Gasteiger partial charge in [0.2, 0.25) is 5.95 Å². The van der Waals surface area contributed by atoms with Gasteiger partial charge in [-0.1, -0.05) is 0 Å². The van der Waals surface area contributed by atoms with Crippen LogP contribution in [0.15, 0.2) is 30.6 Å². The van der Waals surface area contributed by atoms with Gasteiger partial charge in [0.1, 0.15) is 5.82 Å². The number of hydrogen-bond acceptors (Lipinski definition) is 7. The normalized spacial score (nSPS) is 17.9. The van der Waals surface area contributed by atoms with Crippen molar-refractivity contribution in [2.45, 2.75) is 6.92 Å². The lowest BCUT2D eigenvalue weighted by Gasteiger charge is -2.36. The van der Waals surface area contributed by atoms with Crippen LogP contribution in [0.3, 0.4) is 0 Å². The Hall–Kier alpha value is -2.74. The summed E-state index contributed by atoms with van der Waals surface area (Å²) in [5.74, 6) is 1.76. The van der Waals surface area contributed by atoms with Crippen molar-refractivity contribution in [3.63, 3.8) is 0 Å². The fourth-order valence-corrected chi connectivity index (χ4v) is 3.42. The quantitative estimate of drug-likeness (QED) is 0.799. The third-order valence-electron chi connectivity index (χ3n) is 4.94. The Morgan fingerprint density at radius 1 is 0.963 bits per heavy atom. The molecule has 4 heterocycles. The molecule has 8 heteroatoms. The number of nitrogens with zero attached hydrogens (tertiary/aromatic N) is 6. The average Bonchev–Trinajstić information content (AvgIpc) is 2.74. The van der Waals surface area contributed by atoms with E-state index < -0.39 is 0 Å². The number of morpholine rings is 1. The van der Waals surface area contributed by atoms with Crippen molar-refractivity contribution >= 4 is 17.7 Å². The van der Waals surface area contributed by atoms with E-state index in [-0.39, 0.29) is 5.91 Å². The van der Waals surface area contributed by atoms with Gasteiger partial charge in [-0.15, -0.1) is 0 Å². The molecule has 142 valence electrons. The van der Waals surface area contributed by atoms with Crippen LogP contribution in [0.2, 0.25) is 0 Å². The number of anilines is 2. The van der Waals surface area contributed by atoms with E-state index in [0.717, 1.165) is 43.6 Å². The zero-order valence-electron chi connectivity index (χ0n) is 15.5. The molecule has 0 atom stereocenters. The topological polar surface area (TPSA) is 74.7 Å². The first kappa shape index (κ1) is 17.7. The van der Waals surface area contributed by atoms with Crippen LogP contribution >= 0.6 is 0 Å². The molecule has 27 heavy (non-hydrogen) atoms. The number of amides is 1. The Bertz CT molecular complexity index is 786. The van der Waals surface area contributed by atoms with Crippen LogP contribution < -0.4 is 9.80 Å². The number of hydrogen-bond donors (Lipinski definition) is 0. The molecule has 8 nitrogen and oxygen atoms in total. The fraction of sp³-hybridized carbons (Fsp3) is 0.474. The molecule has 2 aliphatic rings. The Kier molecular flexibility index (Phi) is 5.15. The molecule has 0 aliphatic carbocycles. The Morgan fingerprint density at radius 2 is 1.67 bits per heavy atom. The molecule has 4 rings (SSSR count). The van der Waals surface area contributed by atoms with E-state index in [9.17, 15) is 4.79 Å². The third kappa shape index (κ3) is 4.00. The highest BCUT2D eigenvalue weighted by atomic mass is 16.5. The van der Waals surface area contributed by atoms with Gasteiger partial charge in [-0.2, -0.15) is 4.98 Å². The van der Waals surface area contributed by atoms with Crippen LogP contribution in [-0.2, 0) is 4.74 Å². The van der Waals surface area contributed by atoms with Gasteiger partial charge in [0.05, 0.1) is 13.2 Å². The first-order valence-electron chi connectivity index (χ1n) is 9.33. The van der Waals surface area contributed by atoms with Crippen molar-refractivity contribution in [3.05, 3.63) is 41.9 Å². The van der Waals surface area contributed by atoms with Crippen LogP contribution in [0.4, 0.5) is 11.8 Å². The van der Waals surface area contributed by atoms with Gasteiger partial charge in [0.15, 0.2) is 0 Å². The summed E-state index contributed by atoms with van der Waals surface area (Å²) in [5.41, 5.74) is 1.64. The van der Waals surface area contributed by atoms with Crippen molar-refractivity contribution in [2.24, 2.45) is 0 Å². The van der Waals surface area contributed by atoms with Crippen molar-refractivity contribution in [2.75, 3.05) is 62.3 Å². The maximum Gasteiger partial charge on any atom is 0.254 e. The number of rotatable bonds is 3. The van der Waals surface area contributed by atoms with Gasteiger partial charge in [-0.05, 0) is 19.1 Å². The van der Waals surface area contributed by atoms with Crippen LogP contribution in [0.1, 0.15) is 16.1 Å². The third-order valence-corrected chi connectivity index (χ3v) is 4.94. The second-order valence-electron chi connectivity index (χ2n) is 6.78. The predicted octanol–water partition coefficient (Wildman–Crippen LogP) is 0.979. The van der Waals surface area contributed by atoms with E-state index in [0.29, 0.717) is 31.9 Å². The highest BCUT2D eigenvalue weighted by molar-refractivity contribution is 5.94. The van der Waals surface area contributed by atoms with E-state index in [4.69, 9.17) is 9.72 Å². The standard InChI is InChI=1S/C19H24N6O2/c1-15-14-17(22-19(21-15)25-10-12-27-13-11-25)23-6-8-24(9-7-23)18(26)16-2-4-20-5-3-16/h2-5,14H,6-13H2,1H3. The molecule has 2 fully saturated rings. The van der Waals surface area contributed by atoms with Crippen molar-refractivity contribution in [1.29, 1.82) is 0 Å². The van der Waals surface area contributed by atoms with Crippen molar-refractivity contribution < 1.29 is 9.53 Å². The lowest BCUT2D eigenvalue weighted by Crippen LogP contribution is -2.49. The maximum atomic E-state index is 12.6. The lowest BCUT2D eigenvalue weighted by molar-refractivity contribution is 0.0746. The van der Waals surface area contributed by atoms with Gasteiger partial charge >= 0.3 is 0 Å². The molecule has 1 amide bonds. The summed E-state index contributed by atoms with van der Waals surface area (Å²) < 4.78 is 5.42. The summed E-state index contributed by atoms with van der Waals surface area (Å²) in [6.45, 7) is 7.93.